The van der Waals surface area contributed by atoms with E-state index in [0.717, 1.165) is 0 Å². The summed E-state index contributed by atoms with van der Waals surface area (Å²) in [6.07, 6.45) is 3.52. The first-order chi connectivity index (χ1) is 7.17. The van der Waals surface area contributed by atoms with E-state index in [4.69, 9.17) is 10.2 Å². The van der Waals surface area contributed by atoms with Crippen molar-refractivity contribution in [3.05, 3.63) is 35.2 Å². The van der Waals surface area contributed by atoms with Crippen molar-refractivity contribution in [1.82, 2.24) is 4.98 Å². The van der Waals surface area contributed by atoms with E-state index >= 15 is 0 Å². The second kappa shape index (κ2) is 5.26. The standard InChI is InChI=1S/C11H13NO3/c1-2-9(11(14)15)5-10-4-3-8(7-13)6-12-10/h3-6,13H,2,7H2,1H3,(H,14,15). The quantitative estimate of drug-likeness (QED) is 0.733. The first kappa shape index (κ1) is 11.4. The lowest BCUT2D eigenvalue weighted by atomic mass is 10.1. The summed E-state index contributed by atoms with van der Waals surface area (Å²) in [5.41, 5.74) is 1.62. The fraction of sp³-hybridized carbons (Fsp3) is 0.273. The fourth-order valence-electron chi connectivity index (χ4n) is 1.11. The van der Waals surface area contributed by atoms with Gasteiger partial charge in [0.2, 0.25) is 0 Å². The molecular formula is C11H13NO3. The van der Waals surface area contributed by atoms with Crippen LogP contribution in [0.5, 0.6) is 0 Å². The van der Waals surface area contributed by atoms with Crippen LogP contribution in [0, 0.1) is 0 Å². The van der Waals surface area contributed by atoms with Gasteiger partial charge in [-0.15, -0.1) is 0 Å². The Hall–Kier alpha value is -1.68. The van der Waals surface area contributed by atoms with Crippen LogP contribution in [0.3, 0.4) is 0 Å². The summed E-state index contributed by atoms with van der Waals surface area (Å²) in [5.74, 6) is -0.925. The van der Waals surface area contributed by atoms with Crippen LogP contribution in [0.25, 0.3) is 6.08 Å². The summed E-state index contributed by atoms with van der Waals surface area (Å²) >= 11 is 0. The number of hydrogen-bond donors (Lipinski definition) is 2. The number of rotatable bonds is 4. The van der Waals surface area contributed by atoms with Gasteiger partial charge in [0.15, 0.2) is 0 Å². The van der Waals surface area contributed by atoms with Gasteiger partial charge in [-0.3, -0.25) is 4.98 Å². The van der Waals surface area contributed by atoms with Crippen molar-refractivity contribution < 1.29 is 15.0 Å². The first-order valence-corrected chi connectivity index (χ1v) is 4.67. The maximum Gasteiger partial charge on any atom is 0.331 e. The molecule has 1 rings (SSSR count). The molecule has 0 unspecified atom stereocenters. The maximum atomic E-state index is 10.7. The lowest BCUT2D eigenvalue weighted by molar-refractivity contribution is -0.132. The van der Waals surface area contributed by atoms with Crippen LogP contribution < -0.4 is 0 Å². The molecule has 80 valence electrons. The largest absolute Gasteiger partial charge is 0.478 e. The average Bonchev–Trinajstić information content (AvgIpc) is 2.26. The molecule has 0 saturated heterocycles. The van der Waals surface area contributed by atoms with E-state index in [1.807, 2.05) is 0 Å². The molecule has 0 aliphatic carbocycles. The van der Waals surface area contributed by atoms with E-state index in [-0.39, 0.29) is 6.61 Å². The Morgan fingerprint density at radius 3 is 2.67 bits per heavy atom. The highest BCUT2D eigenvalue weighted by Gasteiger charge is 2.04. The number of carbonyl (C=O) groups is 1. The molecule has 4 heteroatoms. The van der Waals surface area contributed by atoms with Gasteiger partial charge in [-0.25, -0.2) is 4.79 Å². The summed E-state index contributed by atoms with van der Waals surface area (Å²) in [5, 5.41) is 17.6. The number of carboxylic acids is 1. The molecule has 0 radical (unpaired) electrons. The van der Waals surface area contributed by atoms with Gasteiger partial charge in [0, 0.05) is 11.8 Å². The van der Waals surface area contributed by atoms with Crippen molar-refractivity contribution in [3.63, 3.8) is 0 Å². The Morgan fingerprint density at radius 1 is 1.53 bits per heavy atom. The van der Waals surface area contributed by atoms with Gasteiger partial charge >= 0.3 is 5.97 Å². The predicted molar refractivity (Wildman–Crippen MR) is 56.1 cm³/mol. The van der Waals surface area contributed by atoms with E-state index in [2.05, 4.69) is 4.98 Å². The van der Waals surface area contributed by atoms with E-state index in [9.17, 15) is 4.79 Å². The van der Waals surface area contributed by atoms with Gasteiger partial charge in [0.1, 0.15) is 0 Å². The molecule has 0 atom stereocenters. The average molecular weight is 207 g/mol. The number of aliphatic hydroxyl groups is 1. The molecule has 2 N–H and O–H groups in total. The van der Waals surface area contributed by atoms with Crippen LogP contribution in [0.1, 0.15) is 24.6 Å². The molecule has 0 spiro atoms. The molecule has 1 aromatic rings. The SMILES string of the molecule is CCC(=Cc1ccc(CO)cn1)C(=O)O. The molecule has 1 aromatic heterocycles. The van der Waals surface area contributed by atoms with Gasteiger partial charge < -0.3 is 10.2 Å². The summed E-state index contributed by atoms with van der Waals surface area (Å²) in [6.45, 7) is 1.72. The molecule has 0 aromatic carbocycles. The zero-order valence-corrected chi connectivity index (χ0v) is 8.47. The van der Waals surface area contributed by atoms with E-state index in [0.29, 0.717) is 23.3 Å². The highest BCUT2D eigenvalue weighted by Crippen LogP contribution is 2.08. The zero-order valence-electron chi connectivity index (χ0n) is 8.47. The zero-order chi connectivity index (χ0) is 11.3. The molecule has 0 bridgehead atoms. The number of carboxylic acid groups (broad SMARTS) is 1. The van der Waals surface area contributed by atoms with E-state index < -0.39 is 5.97 Å². The molecule has 0 amide bonds. The van der Waals surface area contributed by atoms with Crippen molar-refractivity contribution in [2.75, 3.05) is 0 Å². The molecule has 0 aliphatic rings. The van der Waals surface area contributed by atoms with Crippen LogP contribution in [0.4, 0.5) is 0 Å². The predicted octanol–water partition coefficient (Wildman–Crippen LogP) is 1.45. The van der Waals surface area contributed by atoms with Crippen molar-refractivity contribution in [3.8, 4) is 0 Å². The Kier molecular flexibility index (Phi) is 4.00. The Bertz CT molecular complexity index is 368. The number of aromatic nitrogens is 1. The van der Waals surface area contributed by atoms with Crippen molar-refractivity contribution >= 4 is 12.0 Å². The van der Waals surface area contributed by atoms with Gasteiger partial charge in [0.25, 0.3) is 0 Å². The summed E-state index contributed by atoms with van der Waals surface area (Å²) in [6, 6.07) is 3.40. The Morgan fingerprint density at radius 2 is 2.27 bits per heavy atom. The van der Waals surface area contributed by atoms with Gasteiger partial charge in [0.05, 0.1) is 12.3 Å². The monoisotopic (exact) mass is 207 g/mol. The number of aliphatic carboxylic acids is 1. The van der Waals surface area contributed by atoms with Crippen LogP contribution in [0.2, 0.25) is 0 Å². The smallest absolute Gasteiger partial charge is 0.331 e. The number of aliphatic hydroxyl groups excluding tert-OH is 1. The molecule has 0 fully saturated rings. The van der Waals surface area contributed by atoms with Crippen LogP contribution in [0.15, 0.2) is 23.9 Å². The number of hydrogen-bond acceptors (Lipinski definition) is 3. The minimum absolute atomic E-state index is 0.0590. The minimum atomic E-state index is -0.925. The minimum Gasteiger partial charge on any atom is -0.478 e. The Balaban J connectivity index is 2.92. The molecule has 4 nitrogen and oxygen atoms in total. The fourth-order valence-corrected chi connectivity index (χ4v) is 1.11. The van der Waals surface area contributed by atoms with E-state index in [1.165, 1.54) is 12.3 Å². The molecule has 15 heavy (non-hydrogen) atoms. The first-order valence-electron chi connectivity index (χ1n) is 4.67. The third-order valence-corrected chi connectivity index (χ3v) is 2.01. The summed E-state index contributed by atoms with van der Waals surface area (Å²) in [4.78, 5) is 14.7. The van der Waals surface area contributed by atoms with Crippen molar-refractivity contribution in [1.29, 1.82) is 0 Å². The second-order valence-electron chi connectivity index (χ2n) is 3.08. The van der Waals surface area contributed by atoms with Gasteiger partial charge in [-0.1, -0.05) is 13.0 Å². The topological polar surface area (TPSA) is 70.4 Å². The number of pyridine rings is 1. The lowest BCUT2D eigenvalue weighted by Gasteiger charge is -1.99. The van der Waals surface area contributed by atoms with Crippen molar-refractivity contribution in [2.45, 2.75) is 20.0 Å². The summed E-state index contributed by atoms with van der Waals surface area (Å²) in [7, 11) is 0. The third-order valence-electron chi connectivity index (χ3n) is 2.01. The summed E-state index contributed by atoms with van der Waals surface area (Å²) < 4.78 is 0. The van der Waals surface area contributed by atoms with E-state index in [1.54, 1.807) is 19.1 Å². The number of nitrogens with zero attached hydrogens (tertiary/aromatic N) is 1. The normalized spacial score (nSPS) is 11.5. The molecule has 0 aliphatic heterocycles. The molecular weight excluding hydrogens is 194 g/mol. The lowest BCUT2D eigenvalue weighted by Crippen LogP contribution is -1.99. The third kappa shape index (κ3) is 3.18. The maximum absolute atomic E-state index is 10.7. The Labute approximate surface area is 87.9 Å². The molecule has 0 saturated carbocycles. The van der Waals surface area contributed by atoms with Gasteiger partial charge in [-0.05, 0) is 24.1 Å². The highest BCUT2D eigenvalue weighted by atomic mass is 16.4. The van der Waals surface area contributed by atoms with Crippen LogP contribution in [-0.2, 0) is 11.4 Å². The van der Waals surface area contributed by atoms with Crippen LogP contribution in [-0.4, -0.2) is 21.2 Å². The molecule has 1 heterocycles. The van der Waals surface area contributed by atoms with Crippen LogP contribution >= 0.6 is 0 Å². The van der Waals surface area contributed by atoms with Crippen molar-refractivity contribution in [2.24, 2.45) is 0 Å². The highest BCUT2D eigenvalue weighted by molar-refractivity contribution is 5.91. The van der Waals surface area contributed by atoms with Gasteiger partial charge in [-0.2, -0.15) is 0 Å². The second-order valence-corrected chi connectivity index (χ2v) is 3.08.